The van der Waals surface area contributed by atoms with Crippen LogP contribution in [0.15, 0.2) is 42.6 Å². The van der Waals surface area contributed by atoms with Gasteiger partial charge in [-0.2, -0.15) is 0 Å². The number of hydrogen-bond donors (Lipinski definition) is 2. The van der Waals surface area contributed by atoms with Crippen molar-refractivity contribution in [1.82, 2.24) is 15.4 Å². The normalized spacial score (nSPS) is 11.8. The van der Waals surface area contributed by atoms with Crippen molar-refractivity contribution in [3.05, 3.63) is 58.9 Å². The summed E-state index contributed by atoms with van der Waals surface area (Å²) in [6.45, 7) is 1.80. The molecule has 0 aliphatic rings. The second-order valence-corrected chi connectivity index (χ2v) is 6.80. The zero-order chi connectivity index (χ0) is 16.8. The number of thioether (sulfide) groups is 1. The van der Waals surface area contributed by atoms with Gasteiger partial charge >= 0.3 is 0 Å². The summed E-state index contributed by atoms with van der Waals surface area (Å²) in [4.78, 5) is 24.0. The van der Waals surface area contributed by atoms with Crippen LogP contribution in [0.2, 0.25) is 5.02 Å². The third-order valence-electron chi connectivity index (χ3n) is 3.22. The topological polar surface area (TPSA) is 63.1 Å². The lowest BCUT2D eigenvalue weighted by atomic mass is 10.2. The number of hydrazine groups is 1. The lowest BCUT2D eigenvalue weighted by molar-refractivity contribution is -0.121. The molecule has 2 amide bonds. The van der Waals surface area contributed by atoms with Gasteiger partial charge in [-0.05, 0) is 18.6 Å². The summed E-state index contributed by atoms with van der Waals surface area (Å²) < 4.78 is 1.59. The van der Waals surface area contributed by atoms with Crippen LogP contribution < -0.4 is 10.9 Å². The second-order valence-electron chi connectivity index (χ2n) is 5.04. The molecule has 0 saturated carbocycles. The molecule has 2 rings (SSSR count). The van der Waals surface area contributed by atoms with Gasteiger partial charge in [0.25, 0.3) is 11.8 Å². The van der Waals surface area contributed by atoms with Crippen LogP contribution in [0.4, 0.5) is 0 Å². The number of aromatic nitrogens is 1. The highest BCUT2D eigenvalue weighted by Crippen LogP contribution is 2.17. The maximum absolute atomic E-state index is 12.0. The number of carbonyl (C=O) groups is 2. The average molecular weight is 352 g/mol. The minimum atomic E-state index is -0.409. The molecule has 1 atom stereocenters. The lowest BCUT2D eigenvalue weighted by Crippen LogP contribution is -2.45. The Hall–Kier alpha value is -1.92. The van der Waals surface area contributed by atoms with Gasteiger partial charge in [0, 0.05) is 19.0 Å². The molecule has 0 unspecified atom stereocenters. The zero-order valence-electron chi connectivity index (χ0n) is 12.9. The fourth-order valence-electron chi connectivity index (χ4n) is 1.91. The summed E-state index contributed by atoms with van der Waals surface area (Å²) in [6.07, 6.45) is 1.62. The van der Waals surface area contributed by atoms with Crippen molar-refractivity contribution >= 4 is 35.2 Å². The van der Waals surface area contributed by atoms with Crippen LogP contribution in [-0.4, -0.2) is 21.6 Å². The summed E-state index contributed by atoms with van der Waals surface area (Å²) >= 11 is 7.33. The van der Waals surface area contributed by atoms with E-state index < -0.39 is 5.91 Å². The minimum Gasteiger partial charge on any atom is -0.345 e. The van der Waals surface area contributed by atoms with Gasteiger partial charge in [0.15, 0.2) is 0 Å². The largest absolute Gasteiger partial charge is 0.345 e. The third-order valence-corrected chi connectivity index (χ3v) is 4.64. The quantitative estimate of drug-likeness (QED) is 0.814. The van der Waals surface area contributed by atoms with Gasteiger partial charge in [0.2, 0.25) is 0 Å². The Morgan fingerprint density at radius 1 is 1.26 bits per heavy atom. The first-order chi connectivity index (χ1) is 11.0. The van der Waals surface area contributed by atoms with E-state index in [1.807, 2.05) is 30.3 Å². The highest BCUT2D eigenvalue weighted by molar-refractivity contribution is 7.99. The van der Waals surface area contributed by atoms with Crippen molar-refractivity contribution in [2.45, 2.75) is 17.9 Å². The molecule has 2 aromatic rings. The molecular formula is C16H18ClN3O2S. The number of benzene rings is 1. The Morgan fingerprint density at radius 2 is 1.96 bits per heavy atom. The van der Waals surface area contributed by atoms with E-state index in [0.717, 1.165) is 11.3 Å². The molecule has 0 aliphatic carbocycles. The summed E-state index contributed by atoms with van der Waals surface area (Å²) in [5, 5.41) is 0.184. The molecule has 122 valence electrons. The molecular weight excluding hydrogens is 334 g/mol. The molecule has 2 N–H and O–H groups in total. The van der Waals surface area contributed by atoms with E-state index in [4.69, 9.17) is 11.6 Å². The van der Waals surface area contributed by atoms with Gasteiger partial charge in [-0.3, -0.25) is 20.4 Å². The first kappa shape index (κ1) is 17.4. The predicted octanol–water partition coefficient (Wildman–Crippen LogP) is 2.76. The van der Waals surface area contributed by atoms with E-state index in [1.54, 1.807) is 24.7 Å². The van der Waals surface area contributed by atoms with Gasteiger partial charge in [-0.25, -0.2) is 0 Å². The summed E-state index contributed by atoms with van der Waals surface area (Å²) in [5.74, 6) is 0.0733. The van der Waals surface area contributed by atoms with Crippen LogP contribution in [0.25, 0.3) is 0 Å². The SMILES string of the molecule is C[C@@H](SCc1ccccc1)C(=O)NNC(=O)c1cc(Cl)cn1C. The highest BCUT2D eigenvalue weighted by Gasteiger charge is 2.16. The predicted molar refractivity (Wildman–Crippen MR) is 93.2 cm³/mol. The van der Waals surface area contributed by atoms with Crippen molar-refractivity contribution in [2.24, 2.45) is 7.05 Å². The molecule has 0 fully saturated rings. The highest BCUT2D eigenvalue weighted by atomic mass is 35.5. The monoisotopic (exact) mass is 351 g/mol. The van der Waals surface area contributed by atoms with Crippen LogP contribution in [0.1, 0.15) is 23.0 Å². The van der Waals surface area contributed by atoms with Crippen LogP contribution in [0.5, 0.6) is 0 Å². The second kappa shape index (κ2) is 8.08. The van der Waals surface area contributed by atoms with E-state index in [1.165, 1.54) is 17.8 Å². The van der Waals surface area contributed by atoms with Gasteiger partial charge in [0.05, 0.1) is 10.3 Å². The summed E-state index contributed by atoms with van der Waals surface area (Å²) in [7, 11) is 1.71. The molecule has 0 aliphatic heterocycles. The molecule has 0 saturated heterocycles. The molecule has 1 heterocycles. The van der Waals surface area contributed by atoms with Gasteiger partial charge in [-0.1, -0.05) is 41.9 Å². The fourth-order valence-corrected chi connectivity index (χ4v) is 3.00. The first-order valence-corrected chi connectivity index (χ1v) is 8.47. The smallest absolute Gasteiger partial charge is 0.286 e. The molecule has 23 heavy (non-hydrogen) atoms. The zero-order valence-corrected chi connectivity index (χ0v) is 14.4. The maximum Gasteiger partial charge on any atom is 0.286 e. The fraction of sp³-hybridized carbons (Fsp3) is 0.250. The number of nitrogens with zero attached hydrogens (tertiary/aromatic N) is 1. The standard InChI is InChI=1S/C16H18ClN3O2S/c1-11(23-10-12-6-4-3-5-7-12)15(21)18-19-16(22)14-8-13(17)9-20(14)2/h3-9,11H,10H2,1-2H3,(H,18,21)(H,19,22)/t11-/m1/s1. The molecule has 0 bridgehead atoms. The Balaban J connectivity index is 1.79. The Labute approximate surface area is 144 Å². The van der Waals surface area contributed by atoms with Crippen LogP contribution in [-0.2, 0) is 17.6 Å². The Bertz CT molecular complexity index is 688. The van der Waals surface area contributed by atoms with E-state index >= 15 is 0 Å². The number of nitrogens with one attached hydrogen (secondary N) is 2. The molecule has 5 nitrogen and oxygen atoms in total. The number of aryl methyl sites for hydroxylation is 1. The number of hydrogen-bond acceptors (Lipinski definition) is 3. The minimum absolute atomic E-state index is 0.250. The molecule has 7 heteroatoms. The van der Waals surface area contributed by atoms with Crippen molar-refractivity contribution in [3.8, 4) is 0 Å². The van der Waals surface area contributed by atoms with E-state index in [0.29, 0.717) is 10.7 Å². The van der Waals surface area contributed by atoms with Crippen LogP contribution in [0, 0.1) is 0 Å². The third kappa shape index (κ3) is 5.04. The average Bonchev–Trinajstić information content (AvgIpc) is 2.89. The van der Waals surface area contributed by atoms with E-state index in [9.17, 15) is 9.59 Å². The molecule has 0 spiro atoms. The molecule has 0 radical (unpaired) electrons. The number of halogens is 1. The van der Waals surface area contributed by atoms with Crippen molar-refractivity contribution in [2.75, 3.05) is 0 Å². The van der Waals surface area contributed by atoms with Gasteiger partial charge in [0.1, 0.15) is 5.69 Å². The Kier molecular flexibility index (Phi) is 6.12. The Morgan fingerprint density at radius 3 is 2.57 bits per heavy atom. The summed E-state index contributed by atoms with van der Waals surface area (Å²) in [5.41, 5.74) is 6.37. The lowest BCUT2D eigenvalue weighted by Gasteiger charge is -2.13. The van der Waals surface area contributed by atoms with Crippen molar-refractivity contribution in [3.63, 3.8) is 0 Å². The van der Waals surface area contributed by atoms with Crippen molar-refractivity contribution in [1.29, 1.82) is 0 Å². The first-order valence-electron chi connectivity index (χ1n) is 7.05. The molecule has 1 aromatic heterocycles. The number of amides is 2. The maximum atomic E-state index is 12.0. The van der Waals surface area contributed by atoms with Gasteiger partial charge < -0.3 is 4.57 Å². The van der Waals surface area contributed by atoms with Crippen LogP contribution >= 0.6 is 23.4 Å². The van der Waals surface area contributed by atoms with Crippen molar-refractivity contribution < 1.29 is 9.59 Å². The summed E-state index contributed by atoms with van der Waals surface area (Å²) in [6, 6.07) is 11.4. The van der Waals surface area contributed by atoms with E-state index in [2.05, 4.69) is 10.9 Å². The number of carbonyl (C=O) groups excluding carboxylic acids is 2. The molecule has 1 aromatic carbocycles. The van der Waals surface area contributed by atoms with Gasteiger partial charge in [-0.15, -0.1) is 11.8 Å². The van der Waals surface area contributed by atoms with E-state index in [-0.39, 0.29) is 11.2 Å². The number of rotatable bonds is 5. The van der Waals surface area contributed by atoms with Crippen LogP contribution in [0.3, 0.4) is 0 Å².